The lowest BCUT2D eigenvalue weighted by atomic mass is 10.4. The molecule has 0 aromatic carbocycles. The second-order valence-electron chi connectivity index (χ2n) is 4.56. The van der Waals surface area contributed by atoms with Gasteiger partial charge in [-0.05, 0) is 12.3 Å². The van der Waals surface area contributed by atoms with Gasteiger partial charge in [-0.15, -0.1) is 0 Å². The predicted octanol–water partition coefficient (Wildman–Crippen LogP) is 2.16. The summed E-state index contributed by atoms with van der Waals surface area (Å²) in [5.74, 6) is 1.20. The van der Waals surface area contributed by atoms with Gasteiger partial charge in [-0.25, -0.2) is 0 Å². The summed E-state index contributed by atoms with van der Waals surface area (Å²) in [4.78, 5) is 10.3. The maximum absolute atomic E-state index is 10.3. The standard InChI is InChI=1S/C8H16OSi/c1-10(2,3)6-8-4-7(8)5-9/h5,7-8H,4,6H2,1-3H3/t7-,8+/m1/s1. The van der Waals surface area contributed by atoms with Gasteiger partial charge in [0.15, 0.2) is 0 Å². The predicted molar refractivity (Wildman–Crippen MR) is 45.8 cm³/mol. The van der Waals surface area contributed by atoms with E-state index in [-0.39, 0.29) is 0 Å². The Kier molecular flexibility index (Phi) is 1.99. The van der Waals surface area contributed by atoms with Gasteiger partial charge in [0, 0.05) is 14.0 Å². The minimum atomic E-state index is -0.875. The third-order valence-corrected chi connectivity index (χ3v) is 3.78. The maximum Gasteiger partial charge on any atom is 0.123 e. The highest BCUT2D eigenvalue weighted by molar-refractivity contribution is 6.76. The van der Waals surface area contributed by atoms with Crippen LogP contribution in [-0.2, 0) is 4.79 Å². The number of hydrogen-bond acceptors (Lipinski definition) is 1. The summed E-state index contributed by atoms with van der Waals surface area (Å²) in [6, 6.07) is 1.34. The SMILES string of the molecule is C[Si](C)(C)C[C@@H]1C[C@@H]1C=O. The van der Waals surface area contributed by atoms with Gasteiger partial charge in [-0.1, -0.05) is 25.7 Å². The van der Waals surface area contributed by atoms with E-state index < -0.39 is 8.07 Å². The lowest BCUT2D eigenvalue weighted by molar-refractivity contribution is -0.109. The number of rotatable bonds is 3. The van der Waals surface area contributed by atoms with Gasteiger partial charge in [0.05, 0.1) is 0 Å². The Balaban J connectivity index is 2.24. The van der Waals surface area contributed by atoms with Crippen LogP contribution in [-0.4, -0.2) is 14.4 Å². The third-order valence-electron chi connectivity index (χ3n) is 2.03. The molecule has 2 heteroatoms. The normalized spacial score (nSPS) is 31.9. The average Bonchev–Trinajstić information content (AvgIpc) is 2.42. The Hall–Kier alpha value is -0.113. The van der Waals surface area contributed by atoms with Crippen molar-refractivity contribution in [3.05, 3.63) is 0 Å². The van der Waals surface area contributed by atoms with Crippen molar-refractivity contribution in [1.82, 2.24) is 0 Å². The zero-order valence-corrected chi connectivity index (χ0v) is 8.05. The molecule has 1 nitrogen and oxygen atoms in total. The topological polar surface area (TPSA) is 17.1 Å². The zero-order valence-electron chi connectivity index (χ0n) is 7.05. The molecule has 1 fully saturated rings. The molecule has 0 bridgehead atoms. The van der Waals surface area contributed by atoms with Gasteiger partial charge in [0.1, 0.15) is 6.29 Å². The molecule has 0 unspecified atom stereocenters. The Morgan fingerprint density at radius 2 is 2.10 bits per heavy atom. The molecule has 2 atom stereocenters. The minimum Gasteiger partial charge on any atom is -0.303 e. The van der Waals surface area contributed by atoms with Crippen LogP contribution in [0.5, 0.6) is 0 Å². The number of hydrogen-bond donors (Lipinski definition) is 0. The van der Waals surface area contributed by atoms with Crippen LogP contribution in [0, 0.1) is 11.8 Å². The van der Waals surface area contributed by atoms with Crippen molar-refractivity contribution in [1.29, 1.82) is 0 Å². The van der Waals surface area contributed by atoms with E-state index in [1.165, 1.54) is 12.5 Å². The molecule has 1 saturated carbocycles. The van der Waals surface area contributed by atoms with Gasteiger partial charge in [-0.2, -0.15) is 0 Å². The summed E-state index contributed by atoms with van der Waals surface area (Å²) in [5, 5.41) is 0. The Morgan fingerprint density at radius 3 is 2.40 bits per heavy atom. The lowest BCUT2D eigenvalue weighted by Gasteiger charge is -2.14. The molecular weight excluding hydrogens is 140 g/mol. The van der Waals surface area contributed by atoms with E-state index in [2.05, 4.69) is 19.6 Å². The Labute approximate surface area is 63.8 Å². The first-order valence-electron chi connectivity index (χ1n) is 3.98. The highest BCUT2D eigenvalue weighted by Gasteiger charge is 2.39. The molecule has 1 rings (SSSR count). The molecule has 0 N–H and O–H groups in total. The molecule has 58 valence electrons. The van der Waals surface area contributed by atoms with Crippen LogP contribution < -0.4 is 0 Å². The first kappa shape index (κ1) is 7.99. The Bertz CT molecular complexity index is 137. The molecule has 1 aliphatic rings. The first-order valence-corrected chi connectivity index (χ1v) is 7.69. The summed E-state index contributed by atoms with van der Waals surface area (Å²) in [5.41, 5.74) is 0. The summed E-state index contributed by atoms with van der Waals surface area (Å²) >= 11 is 0. The van der Waals surface area contributed by atoms with E-state index in [1.54, 1.807) is 0 Å². The molecule has 0 amide bonds. The van der Waals surface area contributed by atoms with Crippen LogP contribution in [0.4, 0.5) is 0 Å². The van der Waals surface area contributed by atoms with Crippen LogP contribution in [0.1, 0.15) is 6.42 Å². The molecule has 0 spiro atoms. The molecule has 0 heterocycles. The molecule has 0 aliphatic heterocycles. The van der Waals surface area contributed by atoms with Crippen molar-refractivity contribution in [3.63, 3.8) is 0 Å². The van der Waals surface area contributed by atoms with Crippen LogP contribution >= 0.6 is 0 Å². The fourth-order valence-electron chi connectivity index (χ4n) is 1.46. The molecular formula is C8H16OSi. The fraction of sp³-hybridized carbons (Fsp3) is 0.875. The van der Waals surface area contributed by atoms with Gasteiger partial charge in [0.25, 0.3) is 0 Å². The van der Waals surface area contributed by atoms with E-state index in [4.69, 9.17) is 0 Å². The van der Waals surface area contributed by atoms with Gasteiger partial charge >= 0.3 is 0 Å². The van der Waals surface area contributed by atoms with Gasteiger partial charge in [-0.3, -0.25) is 0 Å². The van der Waals surface area contributed by atoms with E-state index in [9.17, 15) is 4.79 Å². The van der Waals surface area contributed by atoms with Crippen LogP contribution in [0.2, 0.25) is 25.7 Å². The highest BCUT2D eigenvalue weighted by Crippen LogP contribution is 2.42. The van der Waals surface area contributed by atoms with E-state index in [0.29, 0.717) is 5.92 Å². The Morgan fingerprint density at radius 1 is 1.50 bits per heavy atom. The molecule has 0 radical (unpaired) electrons. The van der Waals surface area contributed by atoms with Crippen LogP contribution in [0.3, 0.4) is 0 Å². The summed E-state index contributed by atoms with van der Waals surface area (Å²) < 4.78 is 0. The quantitative estimate of drug-likeness (QED) is 0.452. The fourth-order valence-corrected chi connectivity index (χ4v) is 3.50. The van der Waals surface area contributed by atoms with Crippen LogP contribution in [0.15, 0.2) is 0 Å². The first-order chi connectivity index (χ1) is 4.53. The smallest absolute Gasteiger partial charge is 0.123 e. The van der Waals surface area contributed by atoms with Crippen molar-refractivity contribution >= 4 is 14.4 Å². The summed E-state index contributed by atoms with van der Waals surface area (Å²) in [6.07, 6.45) is 2.30. The summed E-state index contributed by atoms with van der Waals surface area (Å²) in [6.45, 7) is 7.10. The lowest BCUT2D eigenvalue weighted by Crippen LogP contribution is -2.20. The molecule has 1 aliphatic carbocycles. The number of carbonyl (C=O) groups excluding carboxylic acids is 1. The molecule has 10 heavy (non-hydrogen) atoms. The van der Waals surface area contributed by atoms with Crippen molar-refractivity contribution in [2.24, 2.45) is 11.8 Å². The molecule has 0 aromatic rings. The van der Waals surface area contributed by atoms with Crippen molar-refractivity contribution < 1.29 is 4.79 Å². The molecule has 0 aromatic heterocycles. The van der Waals surface area contributed by atoms with E-state index in [0.717, 1.165) is 12.2 Å². The zero-order chi connectivity index (χ0) is 7.78. The number of carbonyl (C=O) groups is 1. The van der Waals surface area contributed by atoms with Gasteiger partial charge in [0.2, 0.25) is 0 Å². The second-order valence-corrected chi connectivity index (χ2v) is 10.1. The van der Waals surface area contributed by atoms with Crippen LogP contribution in [0.25, 0.3) is 0 Å². The van der Waals surface area contributed by atoms with Crippen molar-refractivity contribution in [3.8, 4) is 0 Å². The third kappa shape index (κ3) is 2.25. The van der Waals surface area contributed by atoms with Crippen molar-refractivity contribution in [2.45, 2.75) is 32.1 Å². The van der Waals surface area contributed by atoms with Gasteiger partial charge < -0.3 is 4.79 Å². The monoisotopic (exact) mass is 156 g/mol. The van der Waals surface area contributed by atoms with E-state index in [1.807, 2.05) is 0 Å². The second kappa shape index (κ2) is 2.49. The van der Waals surface area contributed by atoms with E-state index >= 15 is 0 Å². The minimum absolute atomic E-state index is 0.437. The highest BCUT2D eigenvalue weighted by atomic mass is 28.3. The van der Waals surface area contributed by atoms with Crippen molar-refractivity contribution in [2.75, 3.05) is 0 Å². The largest absolute Gasteiger partial charge is 0.303 e. The maximum atomic E-state index is 10.3. The molecule has 0 saturated heterocycles. The average molecular weight is 156 g/mol. The summed E-state index contributed by atoms with van der Waals surface area (Å²) in [7, 11) is -0.875. The number of aldehydes is 1.